The molecule has 16 heavy (non-hydrogen) atoms. The van der Waals surface area contributed by atoms with Crippen LogP contribution < -0.4 is 5.32 Å². The zero-order valence-corrected chi connectivity index (χ0v) is 10.5. The monoisotopic (exact) mass is 305 g/mol. The van der Waals surface area contributed by atoms with Crippen LogP contribution in [0.1, 0.15) is 18.0 Å². The Balaban J connectivity index is 3.03. The van der Waals surface area contributed by atoms with Gasteiger partial charge in [-0.1, -0.05) is 27.5 Å². The maximum atomic E-state index is 10.6. The molecule has 0 aromatic heterocycles. The summed E-state index contributed by atoms with van der Waals surface area (Å²) in [6.07, 6.45) is 0.276. The SMILES string of the molecule is O=CNC(CC(=O)O)c1cc(Cl)ccc1Br. The molecule has 1 rings (SSSR count). The van der Waals surface area contributed by atoms with Crippen LogP contribution in [0.15, 0.2) is 22.7 Å². The number of rotatable bonds is 5. The molecule has 0 radical (unpaired) electrons. The van der Waals surface area contributed by atoms with Crippen LogP contribution >= 0.6 is 27.5 Å². The normalized spacial score (nSPS) is 11.9. The summed E-state index contributed by atoms with van der Waals surface area (Å²) in [5, 5.41) is 11.7. The Morgan fingerprint density at radius 1 is 1.62 bits per heavy atom. The van der Waals surface area contributed by atoms with Gasteiger partial charge in [-0.25, -0.2) is 0 Å². The average Bonchev–Trinajstić information content (AvgIpc) is 2.20. The van der Waals surface area contributed by atoms with Crippen molar-refractivity contribution in [1.29, 1.82) is 0 Å². The van der Waals surface area contributed by atoms with Crippen LogP contribution in [0.2, 0.25) is 5.02 Å². The van der Waals surface area contributed by atoms with E-state index in [1.807, 2.05) is 0 Å². The third-order valence-electron chi connectivity index (χ3n) is 1.98. The predicted octanol–water partition coefficient (Wildman–Crippen LogP) is 2.36. The highest BCUT2D eigenvalue weighted by Crippen LogP contribution is 2.28. The van der Waals surface area contributed by atoms with Gasteiger partial charge in [0, 0.05) is 9.50 Å². The van der Waals surface area contributed by atoms with Crippen molar-refractivity contribution in [3.05, 3.63) is 33.3 Å². The summed E-state index contributed by atoms with van der Waals surface area (Å²) in [4.78, 5) is 21.1. The smallest absolute Gasteiger partial charge is 0.305 e. The van der Waals surface area contributed by atoms with Crippen LogP contribution in [0.5, 0.6) is 0 Å². The Kier molecular flexibility index (Phi) is 4.76. The number of halogens is 2. The number of carboxylic acids is 1. The Morgan fingerprint density at radius 2 is 2.31 bits per heavy atom. The van der Waals surface area contributed by atoms with Crippen molar-refractivity contribution in [3.63, 3.8) is 0 Å². The Bertz CT molecular complexity index is 411. The van der Waals surface area contributed by atoms with Gasteiger partial charge in [0.15, 0.2) is 0 Å². The van der Waals surface area contributed by atoms with E-state index in [1.54, 1.807) is 18.2 Å². The number of benzene rings is 1. The van der Waals surface area contributed by atoms with Gasteiger partial charge >= 0.3 is 5.97 Å². The molecule has 0 aliphatic rings. The van der Waals surface area contributed by atoms with Gasteiger partial charge in [-0.2, -0.15) is 0 Å². The highest BCUT2D eigenvalue weighted by molar-refractivity contribution is 9.10. The molecule has 86 valence electrons. The van der Waals surface area contributed by atoms with Crippen LogP contribution in [0.4, 0.5) is 0 Å². The summed E-state index contributed by atoms with van der Waals surface area (Å²) < 4.78 is 0.706. The number of carbonyl (C=O) groups is 2. The maximum absolute atomic E-state index is 10.6. The zero-order valence-electron chi connectivity index (χ0n) is 8.11. The molecule has 0 saturated carbocycles. The third kappa shape index (κ3) is 3.50. The molecule has 0 bridgehead atoms. The van der Waals surface area contributed by atoms with Gasteiger partial charge in [0.2, 0.25) is 6.41 Å². The van der Waals surface area contributed by atoms with Gasteiger partial charge in [-0.05, 0) is 23.8 Å². The molecule has 1 atom stereocenters. The van der Waals surface area contributed by atoms with Crippen molar-refractivity contribution in [1.82, 2.24) is 5.32 Å². The lowest BCUT2D eigenvalue weighted by atomic mass is 10.0. The summed E-state index contributed by atoms with van der Waals surface area (Å²) >= 11 is 9.10. The van der Waals surface area contributed by atoms with E-state index >= 15 is 0 Å². The summed E-state index contributed by atoms with van der Waals surface area (Å²) in [6.45, 7) is 0. The number of hydrogen-bond acceptors (Lipinski definition) is 2. The van der Waals surface area contributed by atoms with Gasteiger partial charge in [-0.15, -0.1) is 0 Å². The van der Waals surface area contributed by atoms with E-state index in [0.717, 1.165) is 0 Å². The van der Waals surface area contributed by atoms with E-state index in [9.17, 15) is 9.59 Å². The molecule has 0 aliphatic carbocycles. The molecule has 6 heteroatoms. The largest absolute Gasteiger partial charge is 0.481 e. The number of aliphatic carboxylic acids is 1. The highest BCUT2D eigenvalue weighted by Gasteiger charge is 2.17. The van der Waals surface area contributed by atoms with E-state index in [-0.39, 0.29) is 6.42 Å². The van der Waals surface area contributed by atoms with Gasteiger partial charge in [0.1, 0.15) is 0 Å². The fourth-order valence-electron chi connectivity index (χ4n) is 1.30. The molecule has 1 aromatic carbocycles. The minimum absolute atomic E-state index is 0.197. The molecule has 2 N–H and O–H groups in total. The Labute approximate surface area is 106 Å². The molecular weight excluding hydrogens is 297 g/mol. The quantitative estimate of drug-likeness (QED) is 0.821. The van der Waals surface area contributed by atoms with Crippen LogP contribution in [-0.2, 0) is 9.59 Å². The molecule has 0 fully saturated rings. The van der Waals surface area contributed by atoms with Gasteiger partial charge < -0.3 is 10.4 Å². The fraction of sp³-hybridized carbons (Fsp3) is 0.200. The molecule has 0 heterocycles. The number of nitrogens with one attached hydrogen (secondary N) is 1. The first kappa shape index (κ1) is 13.0. The van der Waals surface area contributed by atoms with Crippen molar-refractivity contribution in [2.45, 2.75) is 12.5 Å². The molecule has 1 amide bonds. The van der Waals surface area contributed by atoms with Crippen LogP contribution in [0, 0.1) is 0 Å². The third-order valence-corrected chi connectivity index (χ3v) is 2.94. The molecule has 1 unspecified atom stereocenters. The van der Waals surface area contributed by atoms with Crippen LogP contribution in [-0.4, -0.2) is 17.5 Å². The predicted molar refractivity (Wildman–Crippen MR) is 63.3 cm³/mol. The van der Waals surface area contributed by atoms with Crippen molar-refractivity contribution in [3.8, 4) is 0 Å². The molecular formula is C10H9BrClNO3. The summed E-state index contributed by atoms with van der Waals surface area (Å²) in [5.41, 5.74) is 0.641. The van der Waals surface area contributed by atoms with Crippen molar-refractivity contribution >= 4 is 39.9 Å². The zero-order chi connectivity index (χ0) is 12.1. The lowest BCUT2D eigenvalue weighted by Gasteiger charge is -2.16. The fourth-order valence-corrected chi connectivity index (χ4v) is 2.00. The molecule has 0 aliphatic heterocycles. The van der Waals surface area contributed by atoms with Gasteiger partial charge in [0.05, 0.1) is 12.5 Å². The Morgan fingerprint density at radius 3 is 2.88 bits per heavy atom. The maximum Gasteiger partial charge on any atom is 0.305 e. The van der Waals surface area contributed by atoms with Gasteiger partial charge in [0.25, 0.3) is 0 Å². The second-order valence-corrected chi connectivity index (χ2v) is 4.39. The average molecular weight is 307 g/mol. The first-order valence-corrected chi connectivity index (χ1v) is 5.58. The first-order valence-electron chi connectivity index (χ1n) is 4.41. The topological polar surface area (TPSA) is 66.4 Å². The van der Waals surface area contributed by atoms with E-state index in [0.29, 0.717) is 21.5 Å². The molecule has 4 nitrogen and oxygen atoms in total. The van der Waals surface area contributed by atoms with E-state index in [2.05, 4.69) is 21.2 Å². The molecule has 0 spiro atoms. The minimum Gasteiger partial charge on any atom is -0.481 e. The number of carbonyl (C=O) groups excluding carboxylic acids is 1. The molecule has 0 saturated heterocycles. The second-order valence-electron chi connectivity index (χ2n) is 3.10. The lowest BCUT2D eigenvalue weighted by Crippen LogP contribution is -2.22. The van der Waals surface area contributed by atoms with E-state index in [1.165, 1.54) is 0 Å². The van der Waals surface area contributed by atoms with Crippen LogP contribution in [0.3, 0.4) is 0 Å². The van der Waals surface area contributed by atoms with Crippen molar-refractivity contribution < 1.29 is 14.7 Å². The number of carboxylic acid groups (broad SMARTS) is 1. The van der Waals surface area contributed by atoms with Gasteiger partial charge in [-0.3, -0.25) is 9.59 Å². The summed E-state index contributed by atoms with van der Waals surface area (Å²) in [6, 6.07) is 4.41. The van der Waals surface area contributed by atoms with E-state index in [4.69, 9.17) is 16.7 Å². The highest BCUT2D eigenvalue weighted by atomic mass is 79.9. The van der Waals surface area contributed by atoms with E-state index < -0.39 is 12.0 Å². The number of amides is 1. The lowest BCUT2D eigenvalue weighted by molar-refractivity contribution is -0.137. The molecule has 1 aromatic rings. The minimum atomic E-state index is -0.994. The standard InChI is InChI=1S/C10H9BrClNO3/c11-8-2-1-6(12)3-7(8)9(13-5-14)4-10(15)16/h1-3,5,9H,4H2,(H,13,14)(H,15,16). The first-order chi connectivity index (χ1) is 7.54. The van der Waals surface area contributed by atoms with Crippen molar-refractivity contribution in [2.24, 2.45) is 0 Å². The summed E-state index contributed by atoms with van der Waals surface area (Å²) in [7, 11) is 0. The van der Waals surface area contributed by atoms with Crippen molar-refractivity contribution in [2.75, 3.05) is 0 Å². The summed E-state index contributed by atoms with van der Waals surface area (Å²) in [5.74, 6) is -0.994. The Hall–Kier alpha value is -1.07. The second kappa shape index (κ2) is 5.86. The number of hydrogen-bond donors (Lipinski definition) is 2. The van der Waals surface area contributed by atoms with Crippen LogP contribution in [0.25, 0.3) is 0 Å².